The normalized spacial score (nSPS) is 19.1. The van der Waals surface area contributed by atoms with Crippen molar-refractivity contribution in [2.75, 3.05) is 0 Å². The zero-order chi connectivity index (χ0) is 10.1. The molecule has 1 aliphatic heterocycles. The molecule has 0 aliphatic carbocycles. The van der Waals surface area contributed by atoms with E-state index in [9.17, 15) is 4.79 Å². The molecule has 0 radical (unpaired) electrons. The predicted molar refractivity (Wildman–Crippen MR) is 65.6 cm³/mol. The van der Waals surface area contributed by atoms with Crippen LogP contribution in [-0.4, -0.2) is 10.2 Å². The second kappa shape index (κ2) is 4.02. The molecular weight excluding hydrogens is 258 g/mol. The number of nitrogens with one attached hydrogen (secondary N) is 1. The molecule has 1 aromatic heterocycles. The lowest BCUT2D eigenvalue weighted by atomic mass is 10.3. The van der Waals surface area contributed by atoms with Crippen molar-refractivity contribution in [2.24, 2.45) is 0 Å². The summed E-state index contributed by atoms with van der Waals surface area (Å²) in [5, 5.41) is 4.44. The van der Waals surface area contributed by atoms with Crippen molar-refractivity contribution in [3.8, 4) is 0 Å². The molecule has 0 unspecified atom stereocenters. The van der Waals surface area contributed by atoms with Crippen LogP contribution < -0.4 is 5.32 Å². The van der Waals surface area contributed by atoms with Crippen LogP contribution in [0.5, 0.6) is 0 Å². The Labute approximate surface area is 99.3 Å². The number of hydrogen-bond donors (Lipinski definition) is 1. The Morgan fingerprint density at radius 2 is 2.36 bits per heavy atom. The van der Waals surface area contributed by atoms with E-state index in [0.717, 1.165) is 5.56 Å². The number of halogens is 1. The first-order valence-electron chi connectivity index (χ1n) is 3.64. The van der Waals surface area contributed by atoms with Crippen LogP contribution in [0.15, 0.2) is 16.4 Å². The largest absolute Gasteiger partial charge is 0.307 e. The lowest BCUT2D eigenvalue weighted by Crippen LogP contribution is -2.17. The molecule has 1 amide bonds. The Kier molecular flexibility index (Phi) is 2.92. The van der Waals surface area contributed by atoms with Gasteiger partial charge in [-0.3, -0.25) is 4.79 Å². The smallest absolute Gasteiger partial charge is 0.263 e. The molecule has 0 atom stereocenters. The van der Waals surface area contributed by atoms with E-state index in [2.05, 4.69) is 5.32 Å². The molecule has 1 saturated heterocycles. The molecule has 2 nitrogen and oxygen atoms in total. The topological polar surface area (TPSA) is 29.1 Å². The maximum atomic E-state index is 11.3. The predicted octanol–water partition coefficient (Wildman–Crippen LogP) is 2.89. The summed E-state index contributed by atoms with van der Waals surface area (Å²) in [7, 11) is 0. The van der Waals surface area contributed by atoms with Crippen LogP contribution in [0.3, 0.4) is 0 Å². The maximum absolute atomic E-state index is 11.3. The molecule has 6 heteroatoms. The number of thioether (sulfide) groups is 1. The second-order valence-corrected chi connectivity index (χ2v) is 5.80. The summed E-state index contributed by atoms with van der Waals surface area (Å²) in [6, 6.07) is 1.81. The Balaban J connectivity index is 2.27. The van der Waals surface area contributed by atoms with E-state index in [1.807, 2.05) is 11.4 Å². The third kappa shape index (κ3) is 2.17. The van der Waals surface area contributed by atoms with Crippen LogP contribution in [0.1, 0.15) is 5.56 Å². The van der Waals surface area contributed by atoms with Gasteiger partial charge in [0.05, 0.1) is 9.24 Å². The standard InChI is InChI=1S/C8H4ClNOS3/c9-6-2-4(3-13-6)1-5-7(11)10-8(12)14-5/h1-3H,(H,10,11,12)/b5-1+. The fraction of sp³-hybridized carbons (Fsp3) is 0. The number of carbonyl (C=O) groups excluding carboxylic acids is 1. The van der Waals surface area contributed by atoms with Crippen LogP contribution in [0.25, 0.3) is 6.08 Å². The lowest BCUT2D eigenvalue weighted by Gasteiger charge is -1.88. The van der Waals surface area contributed by atoms with Crippen LogP contribution in [0.4, 0.5) is 0 Å². The van der Waals surface area contributed by atoms with Gasteiger partial charge in [0.2, 0.25) is 0 Å². The van der Waals surface area contributed by atoms with Crippen LogP contribution >= 0.6 is 46.9 Å². The van der Waals surface area contributed by atoms with Crippen LogP contribution in [0, 0.1) is 0 Å². The number of amides is 1. The average molecular weight is 262 g/mol. The van der Waals surface area contributed by atoms with Crippen molar-refractivity contribution >= 4 is 63.2 Å². The van der Waals surface area contributed by atoms with Gasteiger partial charge in [0, 0.05) is 0 Å². The van der Waals surface area contributed by atoms with E-state index in [1.165, 1.54) is 23.1 Å². The molecule has 0 bridgehead atoms. The van der Waals surface area contributed by atoms with Crippen molar-refractivity contribution < 1.29 is 4.79 Å². The average Bonchev–Trinajstić information content (AvgIpc) is 2.61. The third-order valence-corrected chi connectivity index (χ3v) is 3.80. The zero-order valence-electron chi connectivity index (χ0n) is 6.74. The monoisotopic (exact) mass is 261 g/mol. The number of hydrogen-bond acceptors (Lipinski definition) is 4. The highest BCUT2D eigenvalue weighted by Crippen LogP contribution is 2.28. The molecule has 1 N–H and O–H groups in total. The summed E-state index contributed by atoms with van der Waals surface area (Å²) >= 11 is 13.3. The van der Waals surface area contributed by atoms with Gasteiger partial charge in [0.25, 0.3) is 5.91 Å². The van der Waals surface area contributed by atoms with Gasteiger partial charge >= 0.3 is 0 Å². The van der Waals surface area contributed by atoms with E-state index in [-0.39, 0.29) is 5.91 Å². The highest BCUT2D eigenvalue weighted by atomic mass is 35.5. The van der Waals surface area contributed by atoms with Crippen LogP contribution in [-0.2, 0) is 4.79 Å². The fourth-order valence-electron chi connectivity index (χ4n) is 0.972. The van der Waals surface area contributed by atoms with Gasteiger partial charge < -0.3 is 5.32 Å². The molecule has 1 aromatic rings. The fourth-order valence-corrected chi connectivity index (χ4v) is 2.86. The molecule has 1 aliphatic rings. The van der Waals surface area contributed by atoms with Gasteiger partial charge in [0.1, 0.15) is 4.32 Å². The molecule has 0 saturated carbocycles. The van der Waals surface area contributed by atoms with E-state index in [0.29, 0.717) is 13.6 Å². The molecule has 72 valence electrons. The second-order valence-electron chi connectivity index (χ2n) is 2.54. The number of thiophene rings is 1. The SMILES string of the molecule is O=C1NC(=S)S/C1=C/c1csc(Cl)c1. The van der Waals surface area contributed by atoms with E-state index >= 15 is 0 Å². The van der Waals surface area contributed by atoms with Crippen LogP contribution in [0.2, 0.25) is 4.34 Å². The number of carbonyl (C=O) groups is 1. The molecule has 14 heavy (non-hydrogen) atoms. The summed E-state index contributed by atoms with van der Waals surface area (Å²) in [5.41, 5.74) is 0.933. The Morgan fingerprint density at radius 1 is 1.57 bits per heavy atom. The van der Waals surface area contributed by atoms with E-state index in [1.54, 1.807) is 6.08 Å². The summed E-state index contributed by atoms with van der Waals surface area (Å²) in [6.45, 7) is 0. The minimum absolute atomic E-state index is 0.137. The number of rotatable bonds is 1. The molecule has 0 aromatic carbocycles. The third-order valence-electron chi connectivity index (χ3n) is 1.53. The van der Waals surface area contributed by atoms with Crippen molar-refractivity contribution in [3.05, 3.63) is 26.3 Å². The Morgan fingerprint density at radius 3 is 2.86 bits per heavy atom. The Hall–Kier alpha value is -0.360. The first-order valence-corrected chi connectivity index (χ1v) is 6.12. The molecule has 0 spiro atoms. The van der Waals surface area contributed by atoms with E-state index in [4.69, 9.17) is 23.8 Å². The summed E-state index contributed by atoms with van der Waals surface area (Å²) in [5.74, 6) is -0.137. The minimum Gasteiger partial charge on any atom is -0.307 e. The maximum Gasteiger partial charge on any atom is 0.263 e. The first kappa shape index (κ1) is 10.2. The first-order chi connectivity index (χ1) is 6.65. The lowest BCUT2D eigenvalue weighted by molar-refractivity contribution is -0.115. The van der Waals surface area contributed by atoms with Crippen molar-refractivity contribution in [1.82, 2.24) is 5.32 Å². The highest BCUT2D eigenvalue weighted by Gasteiger charge is 2.21. The molecule has 2 heterocycles. The van der Waals surface area contributed by atoms with Crippen molar-refractivity contribution in [1.29, 1.82) is 0 Å². The van der Waals surface area contributed by atoms with E-state index < -0.39 is 0 Å². The van der Waals surface area contributed by atoms with Gasteiger partial charge in [-0.2, -0.15) is 0 Å². The molecule has 2 rings (SSSR count). The van der Waals surface area contributed by atoms with Gasteiger partial charge in [-0.15, -0.1) is 11.3 Å². The summed E-state index contributed by atoms with van der Waals surface area (Å²) < 4.78 is 1.21. The van der Waals surface area contributed by atoms with Gasteiger partial charge in [0.15, 0.2) is 0 Å². The number of thiocarbonyl (C=S) groups is 1. The summed E-state index contributed by atoms with van der Waals surface area (Å²) in [6.07, 6.45) is 1.78. The molecule has 1 fully saturated rings. The van der Waals surface area contributed by atoms with Gasteiger partial charge in [-0.25, -0.2) is 0 Å². The van der Waals surface area contributed by atoms with Gasteiger partial charge in [-0.1, -0.05) is 35.6 Å². The highest BCUT2D eigenvalue weighted by molar-refractivity contribution is 8.26. The quantitative estimate of drug-likeness (QED) is 0.623. The zero-order valence-corrected chi connectivity index (χ0v) is 9.95. The minimum atomic E-state index is -0.137. The Bertz CT molecular complexity index is 438. The van der Waals surface area contributed by atoms with Gasteiger partial charge in [-0.05, 0) is 23.1 Å². The molecular formula is C8H4ClNOS3. The summed E-state index contributed by atoms with van der Waals surface area (Å²) in [4.78, 5) is 11.9. The van der Waals surface area contributed by atoms with Crippen molar-refractivity contribution in [2.45, 2.75) is 0 Å². The van der Waals surface area contributed by atoms with Crippen molar-refractivity contribution in [3.63, 3.8) is 0 Å².